The molecule has 0 aromatic heterocycles. The second-order valence-corrected chi connectivity index (χ2v) is 11.3. The summed E-state index contributed by atoms with van der Waals surface area (Å²) in [5.74, 6) is 1.13. The van der Waals surface area contributed by atoms with E-state index in [4.69, 9.17) is 0 Å². The van der Waals surface area contributed by atoms with Crippen LogP contribution in [-0.2, 0) is 19.3 Å². The van der Waals surface area contributed by atoms with Gasteiger partial charge in [-0.1, -0.05) is 112 Å². The van der Waals surface area contributed by atoms with Crippen molar-refractivity contribution in [3.8, 4) is 11.1 Å². The minimum absolute atomic E-state index is 0.567. The maximum Gasteiger partial charge on any atom is -0.00132 e. The van der Waals surface area contributed by atoms with Crippen LogP contribution in [0.2, 0.25) is 0 Å². The van der Waals surface area contributed by atoms with E-state index >= 15 is 0 Å². The molecule has 0 N–H and O–H groups in total. The number of benzene rings is 4. The highest BCUT2D eigenvalue weighted by Gasteiger charge is 2.25. The molecule has 0 fully saturated rings. The van der Waals surface area contributed by atoms with Gasteiger partial charge in [-0.25, -0.2) is 0 Å². The Kier molecular flexibility index (Phi) is 7.94. The molecule has 1 aliphatic rings. The Morgan fingerprint density at radius 1 is 0.568 bits per heavy atom. The zero-order valence-electron chi connectivity index (χ0n) is 23.2. The molecule has 0 radical (unpaired) electrons. The Morgan fingerprint density at radius 2 is 0.973 bits per heavy atom. The predicted molar refractivity (Wildman–Crippen MR) is 160 cm³/mol. The Hall–Kier alpha value is -3.12. The number of aryl methyl sites for hydroxylation is 2. The maximum atomic E-state index is 2.57. The lowest BCUT2D eigenvalue weighted by Crippen LogP contribution is -2.06. The zero-order chi connectivity index (χ0) is 25.8. The molecule has 1 aliphatic carbocycles. The molecule has 0 heteroatoms. The summed E-state index contributed by atoms with van der Waals surface area (Å²) < 4.78 is 0. The monoisotopic (exact) mass is 486 g/mol. The Bertz CT molecular complexity index is 1220. The summed E-state index contributed by atoms with van der Waals surface area (Å²) >= 11 is 0. The van der Waals surface area contributed by atoms with Gasteiger partial charge in [0, 0.05) is 0 Å². The van der Waals surface area contributed by atoms with Crippen LogP contribution in [0.1, 0.15) is 95.9 Å². The van der Waals surface area contributed by atoms with Crippen LogP contribution in [-0.4, -0.2) is 0 Å². The van der Waals surface area contributed by atoms with E-state index in [1.165, 1.54) is 70.2 Å². The molecule has 0 nitrogen and oxygen atoms in total. The molecule has 0 bridgehead atoms. The normalized spacial score (nSPS) is 13.7. The molecule has 190 valence electrons. The van der Waals surface area contributed by atoms with Crippen molar-refractivity contribution in [1.82, 2.24) is 0 Å². The van der Waals surface area contributed by atoms with E-state index in [-0.39, 0.29) is 0 Å². The molecule has 0 spiro atoms. The van der Waals surface area contributed by atoms with E-state index in [9.17, 15) is 0 Å². The second-order valence-electron chi connectivity index (χ2n) is 11.3. The average molecular weight is 487 g/mol. The third-order valence-corrected chi connectivity index (χ3v) is 8.46. The molecule has 4 aromatic rings. The fourth-order valence-electron chi connectivity index (χ4n) is 6.68. The Labute approximate surface area is 224 Å². The highest BCUT2D eigenvalue weighted by molar-refractivity contribution is 5.79. The second kappa shape index (κ2) is 11.5. The number of hydrogen-bond donors (Lipinski definition) is 0. The molecule has 2 unspecified atom stereocenters. The quantitative estimate of drug-likeness (QED) is 0.184. The van der Waals surface area contributed by atoms with Crippen molar-refractivity contribution >= 4 is 0 Å². The molecule has 0 amide bonds. The van der Waals surface area contributed by atoms with Crippen LogP contribution in [0, 0.1) is 13.8 Å². The zero-order valence-corrected chi connectivity index (χ0v) is 23.2. The van der Waals surface area contributed by atoms with E-state index in [0.717, 1.165) is 19.3 Å². The lowest BCUT2D eigenvalue weighted by Gasteiger charge is -2.22. The van der Waals surface area contributed by atoms with E-state index in [1.54, 1.807) is 11.1 Å². The maximum absolute atomic E-state index is 2.57. The van der Waals surface area contributed by atoms with Crippen LogP contribution in [0.15, 0.2) is 84.9 Å². The minimum atomic E-state index is 0.567. The molecule has 0 heterocycles. The summed E-state index contributed by atoms with van der Waals surface area (Å²) in [4.78, 5) is 0. The van der Waals surface area contributed by atoms with E-state index in [2.05, 4.69) is 113 Å². The van der Waals surface area contributed by atoms with Crippen LogP contribution in [0.3, 0.4) is 0 Å². The van der Waals surface area contributed by atoms with Crippen LogP contribution in [0.25, 0.3) is 11.1 Å². The van der Waals surface area contributed by atoms with Crippen molar-refractivity contribution in [2.75, 3.05) is 0 Å². The van der Waals surface area contributed by atoms with Crippen LogP contribution >= 0.6 is 0 Å². The summed E-state index contributed by atoms with van der Waals surface area (Å²) in [6.45, 7) is 9.32. The summed E-state index contributed by atoms with van der Waals surface area (Å²) in [7, 11) is 0. The van der Waals surface area contributed by atoms with Crippen molar-refractivity contribution in [3.63, 3.8) is 0 Å². The molecule has 0 saturated heterocycles. The SMILES string of the molecule is CCCC(Cc1ccccc1)c1cc2c(cc1C)Cc1cc(C)c(C(CCC)Cc3ccccc3)cc1-2. The third-order valence-electron chi connectivity index (χ3n) is 8.46. The van der Waals surface area contributed by atoms with Gasteiger partial charge in [0.15, 0.2) is 0 Å². The first-order valence-corrected chi connectivity index (χ1v) is 14.4. The van der Waals surface area contributed by atoms with Gasteiger partial charge < -0.3 is 0 Å². The van der Waals surface area contributed by atoms with E-state index < -0.39 is 0 Å². The van der Waals surface area contributed by atoms with Gasteiger partial charge in [0.25, 0.3) is 0 Å². The van der Waals surface area contributed by atoms with Crippen molar-refractivity contribution < 1.29 is 0 Å². The lowest BCUT2D eigenvalue weighted by molar-refractivity contribution is 0.607. The smallest absolute Gasteiger partial charge is 0.00132 e. The standard InChI is InChI=1S/C37H42/c1-5-13-30(21-28-15-9-7-10-16-28)34-24-36-32(19-26(34)3)23-33-20-27(4)35(25-37(33)36)31(14-6-2)22-29-17-11-8-12-18-29/h7-12,15-20,24-25,30-31H,5-6,13-14,21-23H2,1-4H3. The van der Waals surface area contributed by atoms with Crippen molar-refractivity contribution in [3.05, 3.63) is 129 Å². The number of fused-ring (bicyclic) bond motifs is 3. The molecule has 0 saturated carbocycles. The Morgan fingerprint density at radius 3 is 1.35 bits per heavy atom. The number of rotatable bonds is 10. The van der Waals surface area contributed by atoms with E-state index in [1.807, 2.05) is 0 Å². The number of hydrogen-bond acceptors (Lipinski definition) is 0. The fourth-order valence-corrected chi connectivity index (χ4v) is 6.68. The first-order valence-electron chi connectivity index (χ1n) is 14.4. The summed E-state index contributed by atoms with van der Waals surface area (Å²) in [6, 6.07) is 32.3. The molecular weight excluding hydrogens is 444 g/mol. The first-order chi connectivity index (χ1) is 18.1. The van der Waals surface area contributed by atoms with Crippen molar-refractivity contribution in [2.24, 2.45) is 0 Å². The van der Waals surface area contributed by atoms with Crippen LogP contribution in [0.4, 0.5) is 0 Å². The summed E-state index contributed by atoms with van der Waals surface area (Å²) in [6.07, 6.45) is 8.21. The molecular formula is C37H42. The topological polar surface area (TPSA) is 0 Å². The van der Waals surface area contributed by atoms with Crippen LogP contribution < -0.4 is 0 Å². The van der Waals surface area contributed by atoms with Crippen LogP contribution in [0.5, 0.6) is 0 Å². The van der Waals surface area contributed by atoms with Gasteiger partial charge in [-0.15, -0.1) is 0 Å². The molecule has 2 atom stereocenters. The van der Waals surface area contributed by atoms with Gasteiger partial charge in [-0.2, -0.15) is 0 Å². The highest BCUT2D eigenvalue weighted by Crippen LogP contribution is 2.43. The van der Waals surface area contributed by atoms with Crippen molar-refractivity contribution in [1.29, 1.82) is 0 Å². The molecule has 0 aliphatic heterocycles. The van der Waals surface area contributed by atoms with Gasteiger partial charge in [-0.3, -0.25) is 0 Å². The minimum Gasteiger partial charge on any atom is -0.0654 e. The summed E-state index contributed by atoms with van der Waals surface area (Å²) in [5, 5.41) is 0. The predicted octanol–water partition coefficient (Wildman–Crippen LogP) is 10.1. The first kappa shape index (κ1) is 25.5. The molecule has 5 rings (SSSR count). The van der Waals surface area contributed by atoms with Gasteiger partial charge in [0.2, 0.25) is 0 Å². The summed E-state index contributed by atoms with van der Waals surface area (Å²) in [5.41, 5.74) is 14.9. The average Bonchev–Trinajstić information content (AvgIpc) is 3.24. The fraction of sp³-hybridized carbons (Fsp3) is 0.351. The lowest BCUT2D eigenvalue weighted by atomic mass is 9.82. The van der Waals surface area contributed by atoms with Gasteiger partial charge in [-0.05, 0) is 113 Å². The van der Waals surface area contributed by atoms with Gasteiger partial charge >= 0.3 is 0 Å². The van der Waals surface area contributed by atoms with Crippen molar-refractivity contribution in [2.45, 2.75) is 84.5 Å². The Balaban J connectivity index is 1.52. The highest BCUT2D eigenvalue weighted by atomic mass is 14.3. The van der Waals surface area contributed by atoms with Gasteiger partial charge in [0.05, 0.1) is 0 Å². The molecule has 4 aromatic carbocycles. The van der Waals surface area contributed by atoms with E-state index in [0.29, 0.717) is 11.8 Å². The largest absolute Gasteiger partial charge is 0.0654 e. The third kappa shape index (κ3) is 5.59. The van der Waals surface area contributed by atoms with Gasteiger partial charge in [0.1, 0.15) is 0 Å². The molecule has 37 heavy (non-hydrogen) atoms.